The van der Waals surface area contributed by atoms with Gasteiger partial charge in [0.1, 0.15) is 11.4 Å². The van der Waals surface area contributed by atoms with Crippen molar-refractivity contribution in [2.24, 2.45) is 0 Å². The van der Waals surface area contributed by atoms with Gasteiger partial charge in [0.05, 0.1) is 6.54 Å². The van der Waals surface area contributed by atoms with Gasteiger partial charge in [-0.15, -0.1) is 0 Å². The SMILES string of the molecule is CCCCCCC(=O)NCC(C)(O)c1ccc(F)cc1. The molecule has 112 valence electrons. The van der Waals surface area contributed by atoms with E-state index < -0.39 is 5.60 Å². The molecule has 0 aliphatic rings. The first-order valence-corrected chi connectivity index (χ1v) is 7.21. The van der Waals surface area contributed by atoms with Gasteiger partial charge in [-0.3, -0.25) is 4.79 Å². The van der Waals surface area contributed by atoms with Crippen LogP contribution in [0.4, 0.5) is 4.39 Å². The predicted molar refractivity (Wildman–Crippen MR) is 77.7 cm³/mol. The van der Waals surface area contributed by atoms with E-state index in [9.17, 15) is 14.3 Å². The number of hydrogen-bond acceptors (Lipinski definition) is 2. The molecule has 1 atom stereocenters. The van der Waals surface area contributed by atoms with Gasteiger partial charge in [-0.2, -0.15) is 0 Å². The summed E-state index contributed by atoms with van der Waals surface area (Å²) in [5.74, 6) is -0.395. The Morgan fingerprint density at radius 3 is 2.50 bits per heavy atom. The molecule has 0 heterocycles. The number of unbranched alkanes of at least 4 members (excludes halogenated alkanes) is 3. The lowest BCUT2D eigenvalue weighted by molar-refractivity contribution is -0.122. The van der Waals surface area contributed by atoms with Crippen LogP contribution in [0.5, 0.6) is 0 Å². The van der Waals surface area contributed by atoms with E-state index in [0.717, 1.165) is 25.7 Å². The van der Waals surface area contributed by atoms with Gasteiger partial charge >= 0.3 is 0 Å². The third kappa shape index (κ3) is 5.70. The number of halogens is 1. The molecule has 0 aliphatic heterocycles. The van der Waals surface area contributed by atoms with E-state index in [-0.39, 0.29) is 18.3 Å². The minimum Gasteiger partial charge on any atom is -0.384 e. The van der Waals surface area contributed by atoms with E-state index in [4.69, 9.17) is 0 Å². The van der Waals surface area contributed by atoms with Gasteiger partial charge in [-0.1, -0.05) is 38.3 Å². The smallest absolute Gasteiger partial charge is 0.220 e. The molecule has 4 heteroatoms. The van der Waals surface area contributed by atoms with Crippen molar-refractivity contribution in [1.29, 1.82) is 0 Å². The molecule has 20 heavy (non-hydrogen) atoms. The molecule has 0 saturated carbocycles. The van der Waals surface area contributed by atoms with Gasteiger partial charge < -0.3 is 10.4 Å². The molecule has 0 aliphatic carbocycles. The van der Waals surface area contributed by atoms with Crippen LogP contribution < -0.4 is 5.32 Å². The summed E-state index contributed by atoms with van der Waals surface area (Å²) in [5, 5.41) is 13.0. The fourth-order valence-electron chi connectivity index (χ4n) is 1.98. The van der Waals surface area contributed by atoms with Crippen LogP contribution in [0.3, 0.4) is 0 Å². The van der Waals surface area contributed by atoms with Crippen molar-refractivity contribution >= 4 is 5.91 Å². The molecule has 0 saturated heterocycles. The van der Waals surface area contributed by atoms with E-state index >= 15 is 0 Å². The molecule has 0 bridgehead atoms. The maximum atomic E-state index is 12.8. The second-order valence-corrected chi connectivity index (χ2v) is 5.37. The third-order valence-corrected chi connectivity index (χ3v) is 3.35. The van der Waals surface area contributed by atoms with Crippen molar-refractivity contribution in [2.45, 2.75) is 51.6 Å². The second kappa shape index (κ2) is 8.00. The maximum absolute atomic E-state index is 12.8. The van der Waals surface area contributed by atoms with E-state index in [0.29, 0.717) is 12.0 Å². The molecule has 2 N–H and O–H groups in total. The summed E-state index contributed by atoms with van der Waals surface area (Å²) in [6.07, 6.45) is 4.69. The molecule has 0 radical (unpaired) electrons. The summed E-state index contributed by atoms with van der Waals surface area (Å²) in [4.78, 5) is 11.7. The molecule has 3 nitrogen and oxygen atoms in total. The summed E-state index contributed by atoms with van der Waals surface area (Å²) in [6, 6.07) is 5.66. The van der Waals surface area contributed by atoms with Gasteiger partial charge in [-0.25, -0.2) is 4.39 Å². The average Bonchev–Trinajstić information content (AvgIpc) is 2.42. The number of amides is 1. The Kier molecular flexibility index (Phi) is 6.65. The first-order valence-electron chi connectivity index (χ1n) is 7.21. The Morgan fingerprint density at radius 1 is 1.25 bits per heavy atom. The van der Waals surface area contributed by atoms with Crippen molar-refractivity contribution in [3.8, 4) is 0 Å². The highest BCUT2D eigenvalue weighted by Crippen LogP contribution is 2.19. The summed E-state index contributed by atoms with van der Waals surface area (Å²) >= 11 is 0. The van der Waals surface area contributed by atoms with Gasteiger partial charge in [-0.05, 0) is 31.0 Å². The molecule has 1 amide bonds. The summed E-state index contributed by atoms with van der Waals surface area (Å²) in [5.41, 5.74) is -0.600. The zero-order valence-corrected chi connectivity index (χ0v) is 12.3. The van der Waals surface area contributed by atoms with Gasteiger partial charge in [0, 0.05) is 6.42 Å². The molecule has 0 spiro atoms. The van der Waals surface area contributed by atoms with E-state index in [1.54, 1.807) is 6.92 Å². The quantitative estimate of drug-likeness (QED) is 0.719. The number of aliphatic hydroxyl groups is 1. The van der Waals surface area contributed by atoms with Gasteiger partial charge in [0.15, 0.2) is 0 Å². The largest absolute Gasteiger partial charge is 0.384 e. The Balaban J connectivity index is 2.39. The number of nitrogens with one attached hydrogen (secondary N) is 1. The molecule has 1 rings (SSSR count). The molecule has 1 aromatic carbocycles. The van der Waals surface area contributed by atoms with Crippen LogP contribution in [0, 0.1) is 5.82 Å². The first-order chi connectivity index (χ1) is 9.45. The first kappa shape index (κ1) is 16.6. The Morgan fingerprint density at radius 2 is 1.90 bits per heavy atom. The second-order valence-electron chi connectivity index (χ2n) is 5.37. The number of hydrogen-bond donors (Lipinski definition) is 2. The zero-order chi connectivity index (χ0) is 15.0. The zero-order valence-electron chi connectivity index (χ0n) is 12.3. The lowest BCUT2D eigenvalue weighted by atomic mass is 9.96. The number of benzene rings is 1. The normalized spacial score (nSPS) is 13.8. The third-order valence-electron chi connectivity index (χ3n) is 3.35. The lowest BCUT2D eigenvalue weighted by Crippen LogP contribution is -2.38. The molecular weight excluding hydrogens is 257 g/mol. The summed E-state index contributed by atoms with van der Waals surface area (Å²) < 4.78 is 12.8. The number of carbonyl (C=O) groups excluding carboxylic acids is 1. The Hall–Kier alpha value is -1.42. The predicted octanol–water partition coefficient (Wildman–Crippen LogP) is 3.12. The van der Waals surface area contributed by atoms with Crippen LogP contribution in [0.15, 0.2) is 24.3 Å². The van der Waals surface area contributed by atoms with Crippen molar-refractivity contribution in [2.75, 3.05) is 6.54 Å². The van der Waals surface area contributed by atoms with Crippen molar-refractivity contribution < 1.29 is 14.3 Å². The maximum Gasteiger partial charge on any atom is 0.220 e. The Bertz CT molecular complexity index is 415. The fourth-order valence-corrected chi connectivity index (χ4v) is 1.98. The van der Waals surface area contributed by atoms with E-state index in [1.165, 1.54) is 24.3 Å². The highest BCUT2D eigenvalue weighted by atomic mass is 19.1. The van der Waals surface area contributed by atoms with Crippen LogP contribution >= 0.6 is 0 Å². The lowest BCUT2D eigenvalue weighted by Gasteiger charge is -2.24. The molecule has 0 fully saturated rings. The van der Waals surface area contributed by atoms with Crippen LogP contribution in [0.1, 0.15) is 51.5 Å². The van der Waals surface area contributed by atoms with Crippen LogP contribution in [0.2, 0.25) is 0 Å². The van der Waals surface area contributed by atoms with Crippen molar-refractivity contribution in [1.82, 2.24) is 5.32 Å². The molecular formula is C16H24FNO2. The topological polar surface area (TPSA) is 49.3 Å². The minimum absolute atomic E-state index is 0.0523. The summed E-state index contributed by atoms with van der Waals surface area (Å²) in [7, 11) is 0. The molecule has 0 aromatic heterocycles. The van der Waals surface area contributed by atoms with Crippen LogP contribution in [-0.2, 0) is 10.4 Å². The number of rotatable bonds is 8. The highest BCUT2D eigenvalue weighted by Gasteiger charge is 2.23. The molecule has 1 aromatic rings. The average molecular weight is 281 g/mol. The fraction of sp³-hybridized carbons (Fsp3) is 0.562. The monoisotopic (exact) mass is 281 g/mol. The van der Waals surface area contributed by atoms with Crippen LogP contribution in [0.25, 0.3) is 0 Å². The number of carbonyl (C=O) groups is 1. The van der Waals surface area contributed by atoms with Crippen LogP contribution in [-0.4, -0.2) is 17.6 Å². The Labute approximate surface area is 120 Å². The van der Waals surface area contributed by atoms with E-state index in [2.05, 4.69) is 12.2 Å². The van der Waals surface area contributed by atoms with Crippen molar-refractivity contribution in [3.63, 3.8) is 0 Å². The standard InChI is InChI=1S/C16H24FNO2/c1-3-4-5-6-7-15(19)18-12-16(2,20)13-8-10-14(17)11-9-13/h8-11,20H,3-7,12H2,1-2H3,(H,18,19). The van der Waals surface area contributed by atoms with E-state index in [1.807, 2.05) is 0 Å². The van der Waals surface area contributed by atoms with Gasteiger partial charge in [0.25, 0.3) is 0 Å². The van der Waals surface area contributed by atoms with Gasteiger partial charge in [0.2, 0.25) is 5.91 Å². The molecule has 1 unspecified atom stereocenters. The minimum atomic E-state index is -1.19. The van der Waals surface area contributed by atoms with Crippen molar-refractivity contribution in [3.05, 3.63) is 35.6 Å². The highest BCUT2D eigenvalue weighted by molar-refractivity contribution is 5.75. The summed E-state index contributed by atoms with van der Waals surface area (Å²) in [6.45, 7) is 3.86.